The summed E-state index contributed by atoms with van der Waals surface area (Å²) >= 11 is 0. The minimum Gasteiger partial charge on any atom is -0.386 e. The van der Waals surface area contributed by atoms with Crippen LogP contribution in [0.4, 0.5) is 14.5 Å². The number of aliphatic hydroxyl groups is 1. The van der Waals surface area contributed by atoms with Gasteiger partial charge in [0, 0.05) is 23.6 Å². The predicted molar refractivity (Wildman–Crippen MR) is 92.5 cm³/mol. The Labute approximate surface area is 144 Å². The summed E-state index contributed by atoms with van der Waals surface area (Å²) in [5.41, 5.74) is 1.35. The molecule has 0 saturated carbocycles. The molecule has 3 N–H and O–H groups in total. The number of benzene rings is 1. The summed E-state index contributed by atoms with van der Waals surface area (Å²) in [4.78, 5) is 4.01. The van der Waals surface area contributed by atoms with Gasteiger partial charge in [-0.1, -0.05) is 6.07 Å². The van der Waals surface area contributed by atoms with E-state index in [-0.39, 0.29) is 12.2 Å². The van der Waals surface area contributed by atoms with Gasteiger partial charge in [-0.15, -0.1) is 0 Å². The normalized spacial score (nSPS) is 12.6. The molecule has 7 heteroatoms. The van der Waals surface area contributed by atoms with Gasteiger partial charge in [0.15, 0.2) is 0 Å². The quantitative estimate of drug-likeness (QED) is 0.655. The molecule has 0 spiro atoms. The zero-order valence-electron chi connectivity index (χ0n) is 14.3. The lowest BCUT2D eigenvalue weighted by molar-refractivity contribution is 0.0126. The van der Waals surface area contributed by atoms with Crippen molar-refractivity contribution in [2.75, 3.05) is 5.32 Å². The van der Waals surface area contributed by atoms with E-state index in [0.29, 0.717) is 16.9 Å². The first-order chi connectivity index (χ1) is 11.6. The number of alkyl halides is 2. The van der Waals surface area contributed by atoms with E-state index in [0.717, 1.165) is 17.8 Å². The van der Waals surface area contributed by atoms with E-state index in [2.05, 4.69) is 20.5 Å². The second kappa shape index (κ2) is 6.07. The van der Waals surface area contributed by atoms with Crippen molar-refractivity contribution in [1.29, 1.82) is 0 Å². The summed E-state index contributed by atoms with van der Waals surface area (Å²) in [6, 6.07) is 8.25. The lowest BCUT2D eigenvalue weighted by atomic mass is 9.95. The minimum atomic E-state index is -2.98. The molecule has 0 aliphatic heterocycles. The lowest BCUT2D eigenvalue weighted by Gasteiger charge is -2.22. The summed E-state index contributed by atoms with van der Waals surface area (Å²) in [5.74, 6) is -2.98. The Hall–Kier alpha value is -2.54. The van der Waals surface area contributed by atoms with Crippen LogP contribution in [0, 0.1) is 0 Å². The van der Waals surface area contributed by atoms with Crippen molar-refractivity contribution in [3.05, 3.63) is 53.5 Å². The highest BCUT2D eigenvalue weighted by atomic mass is 19.3. The number of nitrogens with one attached hydrogen (secondary N) is 2. The van der Waals surface area contributed by atoms with E-state index in [1.807, 2.05) is 12.1 Å². The van der Waals surface area contributed by atoms with E-state index in [1.165, 1.54) is 6.07 Å². The molecule has 132 valence electrons. The first kappa shape index (κ1) is 17.3. The maximum Gasteiger partial charge on any atom is 0.286 e. The molecule has 3 aromatic rings. The van der Waals surface area contributed by atoms with Gasteiger partial charge in [0.05, 0.1) is 29.6 Å². The summed E-state index contributed by atoms with van der Waals surface area (Å²) < 4.78 is 26.9. The summed E-state index contributed by atoms with van der Waals surface area (Å²) in [6.07, 6.45) is 1.69. The van der Waals surface area contributed by atoms with E-state index in [4.69, 9.17) is 0 Å². The fourth-order valence-electron chi connectivity index (χ4n) is 2.65. The van der Waals surface area contributed by atoms with Crippen molar-refractivity contribution < 1.29 is 13.9 Å². The van der Waals surface area contributed by atoms with Crippen molar-refractivity contribution in [1.82, 2.24) is 15.2 Å². The second-order valence-corrected chi connectivity index (χ2v) is 6.67. The molecule has 1 aromatic carbocycles. The molecule has 0 radical (unpaired) electrons. The van der Waals surface area contributed by atoms with Crippen LogP contribution in [0.1, 0.15) is 37.7 Å². The number of H-pyrrole nitrogens is 1. The Morgan fingerprint density at radius 2 is 1.96 bits per heavy atom. The third-order valence-corrected chi connectivity index (χ3v) is 3.95. The molecule has 2 aromatic heterocycles. The van der Waals surface area contributed by atoms with Crippen molar-refractivity contribution >= 4 is 16.6 Å². The largest absolute Gasteiger partial charge is 0.386 e. The highest BCUT2D eigenvalue weighted by molar-refractivity contribution is 5.84. The lowest BCUT2D eigenvalue weighted by Crippen LogP contribution is -2.19. The van der Waals surface area contributed by atoms with Crippen LogP contribution in [-0.4, -0.2) is 20.3 Å². The number of anilines is 1. The van der Waals surface area contributed by atoms with Gasteiger partial charge in [-0.3, -0.25) is 5.10 Å². The van der Waals surface area contributed by atoms with Crippen molar-refractivity contribution in [2.24, 2.45) is 0 Å². The summed E-state index contributed by atoms with van der Waals surface area (Å²) in [5, 5.41) is 21.4. The standard InChI is InChI=1S/C18H20F2N4O/c1-17(2,25)13-8-14-11(9-22-24-14)7-15(13)21-10-12-5-4-6-16(23-12)18(3,19)20/h4-9,21,25H,10H2,1-3H3,(H,22,24). The van der Waals surface area contributed by atoms with Crippen molar-refractivity contribution in [3.8, 4) is 0 Å². The highest BCUT2D eigenvalue weighted by Crippen LogP contribution is 2.32. The van der Waals surface area contributed by atoms with Crippen LogP contribution in [-0.2, 0) is 18.1 Å². The number of aromatic nitrogens is 3. The third-order valence-electron chi connectivity index (χ3n) is 3.95. The number of fused-ring (bicyclic) bond motifs is 1. The van der Waals surface area contributed by atoms with Gasteiger partial charge < -0.3 is 10.4 Å². The number of aromatic amines is 1. The third kappa shape index (κ3) is 3.76. The molecule has 0 atom stereocenters. The van der Waals surface area contributed by atoms with E-state index in [9.17, 15) is 13.9 Å². The van der Waals surface area contributed by atoms with Crippen molar-refractivity contribution in [3.63, 3.8) is 0 Å². The SMILES string of the molecule is CC(C)(O)c1cc2[nH]ncc2cc1NCc1cccc(C(C)(F)F)n1. The van der Waals surface area contributed by atoms with Crippen LogP contribution in [0.5, 0.6) is 0 Å². The van der Waals surface area contributed by atoms with Crippen LogP contribution < -0.4 is 5.32 Å². The minimum absolute atomic E-state index is 0.260. The zero-order chi connectivity index (χ0) is 18.2. The number of hydrogen-bond acceptors (Lipinski definition) is 4. The first-order valence-electron chi connectivity index (χ1n) is 7.93. The Balaban J connectivity index is 1.90. The van der Waals surface area contributed by atoms with Gasteiger partial charge in [-0.25, -0.2) is 4.98 Å². The molecule has 5 nitrogen and oxygen atoms in total. The average Bonchev–Trinajstić information content (AvgIpc) is 2.98. The molecule has 0 aliphatic rings. The van der Waals surface area contributed by atoms with Crippen LogP contribution in [0.3, 0.4) is 0 Å². The summed E-state index contributed by atoms with van der Waals surface area (Å²) in [6.45, 7) is 4.46. The number of hydrogen-bond donors (Lipinski definition) is 3. The molecule has 0 saturated heterocycles. The molecule has 25 heavy (non-hydrogen) atoms. The van der Waals surface area contributed by atoms with Crippen LogP contribution >= 0.6 is 0 Å². The first-order valence-corrected chi connectivity index (χ1v) is 7.93. The van der Waals surface area contributed by atoms with Gasteiger partial charge in [0.1, 0.15) is 5.69 Å². The molecule has 0 amide bonds. The molecule has 3 rings (SSSR count). The summed E-state index contributed by atoms with van der Waals surface area (Å²) in [7, 11) is 0. The fraction of sp³-hybridized carbons (Fsp3) is 0.333. The monoisotopic (exact) mass is 346 g/mol. The molecular formula is C18H20F2N4O. The Bertz CT molecular complexity index is 894. The predicted octanol–water partition coefficient (Wildman–Crippen LogP) is 3.91. The number of rotatable bonds is 5. The number of halogens is 2. The van der Waals surface area contributed by atoms with Crippen LogP contribution in [0.15, 0.2) is 36.5 Å². The molecular weight excluding hydrogens is 326 g/mol. The van der Waals surface area contributed by atoms with E-state index >= 15 is 0 Å². The maximum absolute atomic E-state index is 13.4. The van der Waals surface area contributed by atoms with Gasteiger partial charge in [-0.05, 0) is 38.1 Å². The molecule has 0 aliphatic carbocycles. The maximum atomic E-state index is 13.4. The van der Waals surface area contributed by atoms with Gasteiger partial charge in [0.25, 0.3) is 5.92 Å². The smallest absolute Gasteiger partial charge is 0.286 e. The van der Waals surface area contributed by atoms with Crippen LogP contribution in [0.25, 0.3) is 10.9 Å². The molecule has 0 fully saturated rings. The molecule has 0 bridgehead atoms. The highest BCUT2D eigenvalue weighted by Gasteiger charge is 2.26. The van der Waals surface area contributed by atoms with Gasteiger partial charge >= 0.3 is 0 Å². The van der Waals surface area contributed by atoms with Crippen molar-refractivity contribution in [2.45, 2.75) is 38.8 Å². The van der Waals surface area contributed by atoms with Gasteiger partial charge in [0.2, 0.25) is 0 Å². The Morgan fingerprint density at radius 3 is 2.64 bits per heavy atom. The fourth-order valence-corrected chi connectivity index (χ4v) is 2.65. The average molecular weight is 346 g/mol. The van der Waals surface area contributed by atoms with Crippen LogP contribution in [0.2, 0.25) is 0 Å². The Morgan fingerprint density at radius 1 is 1.20 bits per heavy atom. The van der Waals surface area contributed by atoms with E-state index in [1.54, 1.807) is 32.2 Å². The number of pyridine rings is 1. The Kier molecular flexibility index (Phi) is 4.20. The molecule has 0 unspecified atom stereocenters. The molecule has 2 heterocycles. The van der Waals surface area contributed by atoms with Gasteiger partial charge in [-0.2, -0.15) is 13.9 Å². The number of nitrogens with zero attached hydrogens (tertiary/aromatic N) is 2. The van der Waals surface area contributed by atoms with E-state index < -0.39 is 11.5 Å². The zero-order valence-corrected chi connectivity index (χ0v) is 14.3. The topological polar surface area (TPSA) is 73.8 Å². The second-order valence-electron chi connectivity index (χ2n) is 6.67.